The SMILES string of the molecule is COCCCN(C)CC(N)c1ccc(F)cc1F. The maximum atomic E-state index is 13.5. The van der Waals surface area contributed by atoms with Gasteiger partial charge in [-0.25, -0.2) is 8.78 Å². The molecule has 0 aliphatic heterocycles. The van der Waals surface area contributed by atoms with Crippen molar-refractivity contribution < 1.29 is 13.5 Å². The molecule has 1 rings (SSSR count). The quantitative estimate of drug-likeness (QED) is 0.760. The first kappa shape index (κ1) is 15.0. The van der Waals surface area contributed by atoms with Gasteiger partial charge in [0.2, 0.25) is 0 Å². The zero-order valence-electron chi connectivity index (χ0n) is 10.8. The topological polar surface area (TPSA) is 38.5 Å². The van der Waals surface area contributed by atoms with Gasteiger partial charge in [0.1, 0.15) is 11.6 Å². The van der Waals surface area contributed by atoms with Crippen LogP contribution in [-0.4, -0.2) is 38.8 Å². The van der Waals surface area contributed by atoms with Crippen molar-refractivity contribution in [1.29, 1.82) is 0 Å². The molecule has 0 aliphatic carbocycles. The van der Waals surface area contributed by atoms with Gasteiger partial charge in [-0.1, -0.05) is 6.07 Å². The van der Waals surface area contributed by atoms with Gasteiger partial charge >= 0.3 is 0 Å². The number of rotatable bonds is 7. The number of nitrogens with zero attached hydrogens (tertiary/aromatic N) is 1. The summed E-state index contributed by atoms with van der Waals surface area (Å²) in [5.74, 6) is -1.18. The molecule has 0 aliphatic rings. The monoisotopic (exact) mass is 258 g/mol. The minimum atomic E-state index is -0.590. The highest BCUT2D eigenvalue weighted by molar-refractivity contribution is 5.22. The Morgan fingerprint density at radius 1 is 1.39 bits per heavy atom. The first-order valence-corrected chi connectivity index (χ1v) is 5.92. The van der Waals surface area contributed by atoms with Crippen LogP contribution in [0.4, 0.5) is 8.78 Å². The first-order valence-electron chi connectivity index (χ1n) is 5.92. The molecular formula is C13H20F2N2O. The second-order valence-corrected chi connectivity index (χ2v) is 4.38. The van der Waals surface area contributed by atoms with Crippen LogP contribution in [0.2, 0.25) is 0 Å². The predicted molar refractivity (Wildman–Crippen MR) is 67.3 cm³/mol. The third-order valence-corrected chi connectivity index (χ3v) is 2.76. The minimum absolute atomic E-state index is 0.343. The van der Waals surface area contributed by atoms with Crippen LogP contribution in [0.5, 0.6) is 0 Å². The number of benzene rings is 1. The highest BCUT2D eigenvalue weighted by Gasteiger charge is 2.14. The second kappa shape index (κ2) is 7.41. The zero-order valence-corrected chi connectivity index (χ0v) is 10.8. The van der Waals surface area contributed by atoms with Crippen LogP contribution in [0.25, 0.3) is 0 Å². The molecule has 18 heavy (non-hydrogen) atoms. The van der Waals surface area contributed by atoms with Gasteiger partial charge in [-0.05, 0) is 19.5 Å². The molecule has 102 valence electrons. The maximum Gasteiger partial charge on any atom is 0.130 e. The lowest BCUT2D eigenvalue weighted by atomic mass is 10.1. The summed E-state index contributed by atoms with van der Waals surface area (Å²) >= 11 is 0. The molecule has 2 N–H and O–H groups in total. The molecule has 0 aromatic heterocycles. The van der Waals surface area contributed by atoms with Gasteiger partial charge in [-0.2, -0.15) is 0 Å². The highest BCUT2D eigenvalue weighted by atomic mass is 19.1. The second-order valence-electron chi connectivity index (χ2n) is 4.38. The van der Waals surface area contributed by atoms with E-state index in [0.29, 0.717) is 18.7 Å². The van der Waals surface area contributed by atoms with Crippen molar-refractivity contribution in [2.45, 2.75) is 12.5 Å². The molecule has 0 amide bonds. The Labute approximate surface area is 107 Å². The summed E-state index contributed by atoms with van der Waals surface area (Å²) in [6.45, 7) is 2.03. The van der Waals surface area contributed by atoms with E-state index in [1.54, 1.807) is 7.11 Å². The number of halogens is 2. The lowest BCUT2D eigenvalue weighted by molar-refractivity contribution is 0.177. The van der Waals surface area contributed by atoms with Crippen LogP contribution in [0.3, 0.4) is 0 Å². The van der Waals surface area contributed by atoms with E-state index in [4.69, 9.17) is 10.5 Å². The van der Waals surface area contributed by atoms with E-state index in [2.05, 4.69) is 0 Å². The van der Waals surface area contributed by atoms with E-state index in [0.717, 1.165) is 19.0 Å². The fraction of sp³-hybridized carbons (Fsp3) is 0.538. The van der Waals surface area contributed by atoms with E-state index in [1.165, 1.54) is 12.1 Å². The fourth-order valence-electron chi connectivity index (χ4n) is 1.81. The van der Waals surface area contributed by atoms with Crippen LogP contribution in [0.15, 0.2) is 18.2 Å². The molecule has 1 unspecified atom stereocenters. The van der Waals surface area contributed by atoms with Gasteiger partial charge in [0.05, 0.1) is 0 Å². The number of hydrogen-bond donors (Lipinski definition) is 1. The summed E-state index contributed by atoms with van der Waals surface area (Å²) in [6.07, 6.45) is 0.894. The molecule has 1 atom stereocenters. The molecular weight excluding hydrogens is 238 g/mol. The van der Waals surface area contributed by atoms with E-state index >= 15 is 0 Å². The number of nitrogens with two attached hydrogens (primary N) is 1. The largest absolute Gasteiger partial charge is 0.385 e. The van der Waals surface area contributed by atoms with Crippen LogP contribution >= 0.6 is 0 Å². The summed E-state index contributed by atoms with van der Waals surface area (Å²) in [7, 11) is 3.57. The van der Waals surface area contributed by atoms with E-state index in [-0.39, 0.29) is 0 Å². The fourth-order valence-corrected chi connectivity index (χ4v) is 1.81. The number of methoxy groups -OCH3 is 1. The van der Waals surface area contributed by atoms with Crippen molar-refractivity contribution in [2.24, 2.45) is 5.73 Å². The van der Waals surface area contributed by atoms with Gasteiger partial charge in [0.15, 0.2) is 0 Å². The maximum absolute atomic E-state index is 13.5. The molecule has 5 heteroatoms. The van der Waals surface area contributed by atoms with Crippen molar-refractivity contribution in [3.8, 4) is 0 Å². The zero-order chi connectivity index (χ0) is 13.5. The van der Waals surface area contributed by atoms with Gasteiger partial charge in [0.25, 0.3) is 0 Å². The van der Waals surface area contributed by atoms with Gasteiger partial charge in [-0.3, -0.25) is 0 Å². The Hall–Kier alpha value is -1.04. The molecule has 0 bridgehead atoms. The number of likely N-dealkylation sites (N-methyl/N-ethyl adjacent to an activating group) is 1. The smallest absolute Gasteiger partial charge is 0.130 e. The third-order valence-electron chi connectivity index (χ3n) is 2.76. The van der Waals surface area contributed by atoms with Gasteiger partial charge in [0, 0.05) is 44.5 Å². The standard InChI is InChI=1S/C13H20F2N2O/c1-17(6-3-7-18-2)9-13(16)11-5-4-10(14)8-12(11)15/h4-5,8,13H,3,6-7,9,16H2,1-2H3. The molecule has 1 aromatic carbocycles. The lowest BCUT2D eigenvalue weighted by Crippen LogP contribution is -2.30. The van der Waals surface area contributed by atoms with Crippen molar-refractivity contribution in [3.05, 3.63) is 35.4 Å². The van der Waals surface area contributed by atoms with E-state index < -0.39 is 17.7 Å². The van der Waals surface area contributed by atoms with Crippen LogP contribution in [0, 0.1) is 11.6 Å². The Kier molecular flexibility index (Phi) is 6.18. The molecule has 0 spiro atoms. The summed E-state index contributed by atoms with van der Waals surface area (Å²) in [4.78, 5) is 2.01. The average Bonchev–Trinajstić information content (AvgIpc) is 2.28. The highest BCUT2D eigenvalue weighted by Crippen LogP contribution is 2.16. The molecule has 3 nitrogen and oxygen atoms in total. The Morgan fingerprint density at radius 3 is 2.72 bits per heavy atom. The Balaban J connectivity index is 2.51. The molecule has 0 radical (unpaired) electrons. The van der Waals surface area contributed by atoms with Crippen molar-refractivity contribution >= 4 is 0 Å². The van der Waals surface area contributed by atoms with Gasteiger partial charge < -0.3 is 15.4 Å². The molecule has 0 saturated heterocycles. The average molecular weight is 258 g/mol. The Morgan fingerprint density at radius 2 is 2.11 bits per heavy atom. The first-order chi connectivity index (χ1) is 8.54. The summed E-state index contributed by atoms with van der Waals surface area (Å²) < 4.78 is 31.2. The van der Waals surface area contributed by atoms with Gasteiger partial charge in [-0.15, -0.1) is 0 Å². The summed E-state index contributed by atoms with van der Waals surface area (Å²) in [5.41, 5.74) is 6.26. The van der Waals surface area contributed by atoms with Crippen LogP contribution < -0.4 is 5.73 Å². The number of hydrogen-bond acceptors (Lipinski definition) is 3. The van der Waals surface area contributed by atoms with Crippen molar-refractivity contribution in [3.63, 3.8) is 0 Å². The van der Waals surface area contributed by atoms with E-state index in [1.807, 2.05) is 11.9 Å². The lowest BCUT2D eigenvalue weighted by Gasteiger charge is -2.21. The molecule has 0 fully saturated rings. The molecule has 0 saturated carbocycles. The van der Waals surface area contributed by atoms with Crippen LogP contribution in [-0.2, 0) is 4.74 Å². The molecule has 0 heterocycles. The predicted octanol–water partition coefficient (Wildman–Crippen LogP) is 1.93. The van der Waals surface area contributed by atoms with Crippen molar-refractivity contribution in [1.82, 2.24) is 4.90 Å². The summed E-state index contributed by atoms with van der Waals surface area (Å²) in [5, 5.41) is 0. The van der Waals surface area contributed by atoms with E-state index in [9.17, 15) is 8.78 Å². The third kappa shape index (κ3) is 4.68. The molecule has 1 aromatic rings. The summed E-state index contributed by atoms with van der Waals surface area (Å²) in [6, 6.07) is 3.03. The van der Waals surface area contributed by atoms with Crippen LogP contribution in [0.1, 0.15) is 18.0 Å². The number of ether oxygens (including phenoxy) is 1. The normalized spacial score (nSPS) is 13.0. The van der Waals surface area contributed by atoms with Crippen molar-refractivity contribution in [2.75, 3.05) is 33.9 Å². The Bertz CT molecular complexity index is 374. The minimum Gasteiger partial charge on any atom is -0.385 e.